The van der Waals surface area contributed by atoms with E-state index in [1.54, 1.807) is 21.5 Å². The van der Waals surface area contributed by atoms with Crippen molar-refractivity contribution in [3.8, 4) is 11.6 Å². The second kappa shape index (κ2) is 4.81. The predicted octanol–water partition coefficient (Wildman–Crippen LogP) is 0.642. The number of nitrogens with zero attached hydrogens (tertiary/aromatic N) is 6. The fraction of sp³-hybridized carbons (Fsp3) is 0.231. The summed E-state index contributed by atoms with van der Waals surface area (Å²) in [6, 6.07) is 3.61. The number of furan rings is 1. The monoisotopic (exact) mass is 298 g/mol. The Hall–Kier alpha value is -2.94. The number of rotatable bonds is 4. The molecule has 9 heteroatoms. The van der Waals surface area contributed by atoms with E-state index in [1.807, 2.05) is 19.3 Å². The molecule has 0 atom stereocenters. The first kappa shape index (κ1) is 12.8. The van der Waals surface area contributed by atoms with Crippen molar-refractivity contribution >= 4 is 22.6 Å². The average molecular weight is 298 g/mol. The molecular formula is C13H14N8O. The van der Waals surface area contributed by atoms with Crippen molar-refractivity contribution in [3.63, 3.8) is 0 Å². The summed E-state index contributed by atoms with van der Waals surface area (Å²) in [6.07, 6.45) is 3.46. The third-order valence-corrected chi connectivity index (χ3v) is 3.24. The highest BCUT2D eigenvalue weighted by atomic mass is 16.3. The van der Waals surface area contributed by atoms with Gasteiger partial charge in [-0.2, -0.15) is 14.6 Å². The van der Waals surface area contributed by atoms with Gasteiger partial charge in [-0.1, -0.05) is 0 Å². The summed E-state index contributed by atoms with van der Waals surface area (Å²) in [5.41, 5.74) is 6.82. The van der Waals surface area contributed by atoms with Crippen molar-refractivity contribution in [2.45, 2.75) is 0 Å². The quantitative estimate of drug-likeness (QED) is 0.568. The molecule has 3 N–H and O–H groups in total. The SMILES string of the molecule is Cn1cc2c(nc(NCCN)n3nc(-c4ccco4)nc23)n1. The van der Waals surface area contributed by atoms with Crippen LogP contribution in [0.2, 0.25) is 0 Å². The van der Waals surface area contributed by atoms with E-state index in [1.165, 1.54) is 0 Å². The van der Waals surface area contributed by atoms with Crippen molar-refractivity contribution in [2.75, 3.05) is 18.4 Å². The fourth-order valence-corrected chi connectivity index (χ4v) is 2.31. The molecule has 0 saturated carbocycles. The number of aryl methyl sites for hydroxylation is 1. The van der Waals surface area contributed by atoms with E-state index in [2.05, 4.69) is 25.5 Å². The molecule has 0 spiro atoms. The maximum atomic E-state index is 5.55. The van der Waals surface area contributed by atoms with Gasteiger partial charge in [0, 0.05) is 26.3 Å². The minimum Gasteiger partial charge on any atom is -0.461 e. The van der Waals surface area contributed by atoms with E-state index in [4.69, 9.17) is 10.2 Å². The van der Waals surface area contributed by atoms with Gasteiger partial charge in [0.2, 0.25) is 11.8 Å². The highest BCUT2D eigenvalue weighted by Crippen LogP contribution is 2.23. The van der Waals surface area contributed by atoms with Gasteiger partial charge in [-0.25, -0.2) is 4.98 Å². The zero-order valence-electron chi connectivity index (χ0n) is 11.9. The molecule has 0 aliphatic rings. The fourth-order valence-electron chi connectivity index (χ4n) is 2.31. The van der Waals surface area contributed by atoms with Crippen molar-refractivity contribution in [1.29, 1.82) is 0 Å². The predicted molar refractivity (Wildman–Crippen MR) is 80.3 cm³/mol. The maximum Gasteiger partial charge on any atom is 0.228 e. The summed E-state index contributed by atoms with van der Waals surface area (Å²) in [5.74, 6) is 1.65. The molecule has 9 nitrogen and oxygen atoms in total. The van der Waals surface area contributed by atoms with Crippen molar-refractivity contribution in [2.24, 2.45) is 12.8 Å². The molecule has 0 fully saturated rings. The molecule has 4 aromatic heterocycles. The third kappa shape index (κ3) is 1.91. The summed E-state index contributed by atoms with van der Waals surface area (Å²) in [6.45, 7) is 1.07. The maximum absolute atomic E-state index is 5.55. The third-order valence-electron chi connectivity index (χ3n) is 3.24. The number of fused-ring (bicyclic) bond motifs is 3. The summed E-state index contributed by atoms with van der Waals surface area (Å²) in [7, 11) is 1.84. The van der Waals surface area contributed by atoms with Gasteiger partial charge in [0.05, 0.1) is 11.6 Å². The number of anilines is 1. The molecule has 4 rings (SSSR count). The van der Waals surface area contributed by atoms with Crippen LogP contribution in [0.25, 0.3) is 28.3 Å². The molecule has 0 unspecified atom stereocenters. The Bertz CT molecular complexity index is 936. The number of hydrogen-bond donors (Lipinski definition) is 2. The summed E-state index contributed by atoms with van der Waals surface area (Å²) in [4.78, 5) is 9.05. The number of nitrogens with two attached hydrogens (primary N) is 1. The molecule has 0 amide bonds. The van der Waals surface area contributed by atoms with Crippen molar-refractivity contribution in [3.05, 3.63) is 24.6 Å². The van der Waals surface area contributed by atoms with Crippen LogP contribution in [0.1, 0.15) is 0 Å². The Balaban J connectivity index is 1.99. The molecule has 22 heavy (non-hydrogen) atoms. The molecule has 4 aromatic rings. The molecule has 0 aromatic carbocycles. The largest absolute Gasteiger partial charge is 0.461 e. The van der Waals surface area contributed by atoms with E-state index < -0.39 is 0 Å². The van der Waals surface area contributed by atoms with Gasteiger partial charge < -0.3 is 15.5 Å². The topological polar surface area (TPSA) is 112 Å². The van der Waals surface area contributed by atoms with Gasteiger partial charge >= 0.3 is 0 Å². The first-order valence-electron chi connectivity index (χ1n) is 6.84. The van der Waals surface area contributed by atoms with Crippen LogP contribution in [0.4, 0.5) is 5.95 Å². The van der Waals surface area contributed by atoms with E-state index in [9.17, 15) is 0 Å². The number of aromatic nitrogens is 6. The molecule has 0 aliphatic heterocycles. The first-order chi connectivity index (χ1) is 10.8. The van der Waals surface area contributed by atoms with Gasteiger partial charge in [0.1, 0.15) is 0 Å². The Labute approximate surface area is 124 Å². The molecule has 4 heterocycles. The average Bonchev–Trinajstić information content (AvgIpc) is 3.21. The van der Waals surface area contributed by atoms with Crippen LogP contribution >= 0.6 is 0 Å². The second-order valence-electron chi connectivity index (χ2n) is 4.84. The van der Waals surface area contributed by atoms with Crippen LogP contribution in [0.3, 0.4) is 0 Å². The van der Waals surface area contributed by atoms with E-state index >= 15 is 0 Å². The van der Waals surface area contributed by atoms with Crippen LogP contribution in [0, 0.1) is 0 Å². The van der Waals surface area contributed by atoms with Crippen LogP contribution in [-0.2, 0) is 7.05 Å². The minimum absolute atomic E-state index is 0.489. The van der Waals surface area contributed by atoms with E-state index in [-0.39, 0.29) is 0 Å². The van der Waals surface area contributed by atoms with Crippen LogP contribution in [0.15, 0.2) is 29.0 Å². The smallest absolute Gasteiger partial charge is 0.228 e. The standard InChI is InChI=1S/C13H14N8O/c1-20-7-8-10(18-20)17-13(15-5-4-14)21-12(8)16-11(19-21)9-3-2-6-22-9/h2-3,6-7H,4-5,14H2,1H3,(H,15,17,18). The van der Waals surface area contributed by atoms with Gasteiger partial charge in [0.15, 0.2) is 17.1 Å². The van der Waals surface area contributed by atoms with E-state index in [0.717, 1.165) is 5.39 Å². The molecule has 0 radical (unpaired) electrons. The summed E-state index contributed by atoms with van der Waals surface area (Å²) >= 11 is 0. The van der Waals surface area contributed by atoms with Gasteiger partial charge in [-0.3, -0.25) is 4.68 Å². The number of hydrogen-bond acceptors (Lipinski definition) is 7. The van der Waals surface area contributed by atoms with Gasteiger partial charge in [0.25, 0.3) is 0 Å². The second-order valence-corrected chi connectivity index (χ2v) is 4.84. The van der Waals surface area contributed by atoms with Gasteiger partial charge in [-0.15, -0.1) is 5.10 Å². The highest BCUT2D eigenvalue weighted by Gasteiger charge is 2.17. The molecule has 0 bridgehead atoms. The van der Waals surface area contributed by atoms with E-state index in [0.29, 0.717) is 41.9 Å². The highest BCUT2D eigenvalue weighted by molar-refractivity contribution is 5.90. The Morgan fingerprint density at radius 2 is 2.23 bits per heavy atom. The summed E-state index contributed by atoms with van der Waals surface area (Å²) < 4.78 is 8.72. The zero-order valence-corrected chi connectivity index (χ0v) is 11.9. The lowest BCUT2D eigenvalue weighted by Crippen LogP contribution is -2.16. The lowest BCUT2D eigenvalue weighted by molar-refractivity contribution is 0.577. The normalized spacial score (nSPS) is 11.5. The lowest BCUT2D eigenvalue weighted by atomic mass is 10.4. The molecule has 112 valence electrons. The van der Waals surface area contributed by atoms with Crippen molar-refractivity contribution in [1.82, 2.24) is 29.4 Å². The first-order valence-corrected chi connectivity index (χ1v) is 6.84. The Kier molecular flexibility index (Phi) is 2.79. The molecule has 0 saturated heterocycles. The van der Waals surface area contributed by atoms with Crippen LogP contribution < -0.4 is 11.1 Å². The zero-order chi connectivity index (χ0) is 15.1. The van der Waals surface area contributed by atoms with Crippen LogP contribution in [0.5, 0.6) is 0 Å². The summed E-state index contributed by atoms with van der Waals surface area (Å²) in [5, 5.41) is 12.8. The Morgan fingerprint density at radius 3 is 3.00 bits per heavy atom. The Morgan fingerprint density at radius 1 is 1.32 bits per heavy atom. The molecular weight excluding hydrogens is 284 g/mol. The number of nitrogens with one attached hydrogen (secondary N) is 1. The minimum atomic E-state index is 0.489. The lowest BCUT2D eigenvalue weighted by Gasteiger charge is -2.04. The van der Waals surface area contributed by atoms with Crippen LogP contribution in [-0.4, -0.2) is 42.5 Å². The van der Waals surface area contributed by atoms with Crippen molar-refractivity contribution < 1.29 is 4.42 Å². The van der Waals surface area contributed by atoms with Gasteiger partial charge in [-0.05, 0) is 12.1 Å². The molecule has 0 aliphatic carbocycles.